The summed E-state index contributed by atoms with van der Waals surface area (Å²) in [7, 11) is 0. The molecule has 0 amide bonds. The molecule has 3 heterocycles. The summed E-state index contributed by atoms with van der Waals surface area (Å²) in [6, 6.07) is 12.8. The molecule has 0 saturated heterocycles. The number of aromatic nitrogens is 3. The molecule has 4 aromatic rings. The van der Waals surface area contributed by atoms with Crippen LogP contribution < -0.4 is 5.32 Å². The van der Waals surface area contributed by atoms with E-state index < -0.39 is 0 Å². The minimum Gasteiger partial charge on any atom is -0.365 e. The highest BCUT2D eigenvalue weighted by Gasteiger charge is 2.13. The van der Waals surface area contributed by atoms with Gasteiger partial charge >= 0.3 is 0 Å². The van der Waals surface area contributed by atoms with E-state index in [0.717, 1.165) is 16.0 Å². The maximum absolute atomic E-state index is 4.49. The maximum Gasteiger partial charge on any atom is 0.139 e. The molecule has 130 valence electrons. The number of hydrogen-bond acceptors (Lipinski definition) is 5. The molecule has 0 spiro atoms. The lowest BCUT2D eigenvalue weighted by molar-refractivity contribution is 0.867. The van der Waals surface area contributed by atoms with Crippen LogP contribution in [-0.2, 0) is 6.54 Å². The number of nitrogens with zero attached hydrogens (tertiary/aromatic N) is 3. The van der Waals surface area contributed by atoms with Gasteiger partial charge in [0.25, 0.3) is 0 Å². The quantitative estimate of drug-likeness (QED) is 0.511. The zero-order chi connectivity index (χ0) is 17.9. The fraction of sp³-hybridized carbons (Fsp3) is 0.190. The third-order valence-electron chi connectivity index (χ3n) is 4.47. The maximum atomic E-state index is 4.49. The molecule has 0 atom stereocenters. The van der Waals surface area contributed by atoms with Gasteiger partial charge in [0.2, 0.25) is 0 Å². The molecule has 0 unspecified atom stereocenters. The molecule has 1 N–H and O–H groups in total. The van der Waals surface area contributed by atoms with Crippen LogP contribution in [0.1, 0.15) is 30.9 Å². The van der Waals surface area contributed by atoms with Crippen LogP contribution in [0.3, 0.4) is 0 Å². The number of nitrogens with one attached hydrogen (secondary N) is 1. The molecule has 0 aliphatic carbocycles. The zero-order valence-corrected chi connectivity index (χ0v) is 15.6. The SMILES string of the molecule is CC(C)c1ccc(-c2csc3ncnc(NCc4ccncc4)c23)cc1. The average Bonchev–Trinajstić information content (AvgIpc) is 3.12. The van der Waals surface area contributed by atoms with E-state index in [4.69, 9.17) is 0 Å². The third-order valence-corrected chi connectivity index (χ3v) is 5.35. The third kappa shape index (κ3) is 3.30. The Labute approximate surface area is 157 Å². The van der Waals surface area contributed by atoms with Crippen LogP contribution >= 0.6 is 11.3 Å². The average molecular weight is 360 g/mol. The van der Waals surface area contributed by atoms with E-state index in [9.17, 15) is 0 Å². The van der Waals surface area contributed by atoms with Gasteiger partial charge < -0.3 is 5.32 Å². The fourth-order valence-corrected chi connectivity index (χ4v) is 3.87. The van der Waals surface area contributed by atoms with Crippen molar-refractivity contribution in [3.05, 3.63) is 71.6 Å². The Balaban J connectivity index is 1.70. The van der Waals surface area contributed by atoms with Gasteiger partial charge in [-0.2, -0.15) is 0 Å². The highest BCUT2D eigenvalue weighted by Crippen LogP contribution is 2.37. The topological polar surface area (TPSA) is 50.7 Å². The Morgan fingerprint density at radius 1 is 1.00 bits per heavy atom. The van der Waals surface area contributed by atoms with Crippen molar-refractivity contribution < 1.29 is 0 Å². The second-order valence-corrected chi connectivity index (χ2v) is 7.40. The second kappa shape index (κ2) is 7.22. The van der Waals surface area contributed by atoms with Gasteiger partial charge in [0, 0.05) is 29.9 Å². The van der Waals surface area contributed by atoms with Gasteiger partial charge in [-0.25, -0.2) is 9.97 Å². The van der Waals surface area contributed by atoms with Crippen LogP contribution in [-0.4, -0.2) is 15.0 Å². The van der Waals surface area contributed by atoms with Crippen LogP contribution in [0.5, 0.6) is 0 Å². The van der Waals surface area contributed by atoms with Gasteiger partial charge in [0.15, 0.2) is 0 Å². The van der Waals surface area contributed by atoms with Crippen LogP contribution in [0.15, 0.2) is 60.5 Å². The van der Waals surface area contributed by atoms with Crippen molar-refractivity contribution >= 4 is 27.4 Å². The summed E-state index contributed by atoms with van der Waals surface area (Å²) in [6.45, 7) is 5.13. The Morgan fingerprint density at radius 3 is 2.50 bits per heavy atom. The molecular formula is C21H20N4S. The van der Waals surface area contributed by atoms with Crippen molar-refractivity contribution in [1.82, 2.24) is 15.0 Å². The van der Waals surface area contributed by atoms with Crippen LogP contribution in [0, 0.1) is 0 Å². The summed E-state index contributed by atoms with van der Waals surface area (Å²) >= 11 is 1.65. The largest absolute Gasteiger partial charge is 0.365 e. The second-order valence-electron chi connectivity index (χ2n) is 6.54. The first-order chi connectivity index (χ1) is 12.7. The number of rotatable bonds is 5. The first kappa shape index (κ1) is 16.7. The number of fused-ring (bicyclic) bond motifs is 1. The molecule has 4 rings (SSSR count). The highest BCUT2D eigenvalue weighted by atomic mass is 32.1. The minimum absolute atomic E-state index is 0.532. The number of anilines is 1. The van der Waals surface area contributed by atoms with E-state index in [-0.39, 0.29) is 0 Å². The molecule has 0 radical (unpaired) electrons. The number of benzene rings is 1. The molecule has 1 aromatic carbocycles. The standard InChI is InChI=1S/C21H20N4S/c1-14(2)16-3-5-17(6-4-16)18-12-26-21-19(18)20(24-13-25-21)23-11-15-7-9-22-10-8-15/h3-10,12-14H,11H2,1-2H3,(H,23,24,25). The Hall–Kier alpha value is -2.79. The number of thiophene rings is 1. The van der Waals surface area contributed by atoms with Gasteiger partial charge in [-0.3, -0.25) is 4.98 Å². The minimum atomic E-state index is 0.532. The molecule has 0 aliphatic heterocycles. The molecule has 0 aliphatic rings. The molecule has 3 aromatic heterocycles. The summed E-state index contributed by atoms with van der Waals surface area (Å²) in [6.07, 6.45) is 5.23. The van der Waals surface area contributed by atoms with Crippen LogP contribution in [0.4, 0.5) is 5.82 Å². The smallest absolute Gasteiger partial charge is 0.139 e. The Morgan fingerprint density at radius 2 is 1.77 bits per heavy atom. The molecule has 0 bridgehead atoms. The summed E-state index contributed by atoms with van der Waals surface area (Å²) in [5, 5.41) is 6.71. The Kier molecular flexibility index (Phi) is 4.63. The molecule has 26 heavy (non-hydrogen) atoms. The van der Waals surface area contributed by atoms with E-state index in [1.165, 1.54) is 22.3 Å². The first-order valence-electron chi connectivity index (χ1n) is 8.67. The van der Waals surface area contributed by atoms with Crippen molar-refractivity contribution in [2.24, 2.45) is 0 Å². The number of pyridine rings is 1. The molecule has 5 heteroatoms. The van der Waals surface area contributed by atoms with Crippen LogP contribution in [0.25, 0.3) is 21.3 Å². The van der Waals surface area contributed by atoms with Gasteiger partial charge in [-0.05, 0) is 34.7 Å². The summed E-state index contributed by atoms with van der Waals surface area (Å²) in [5.74, 6) is 1.40. The summed E-state index contributed by atoms with van der Waals surface area (Å²) in [5.41, 5.74) is 4.89. The lowest BCUT2D eigenvalue weighted by Gasteiger charge is -2.09. The van der Waals surface area contributed by atoms with Crippen molar-refractivity contribution in [2.45, 2.75) is 26.3 Å². The van der Waals surface area contributed by atoms with E-state index in [0.29, 0.717) is 12.5 Å². The highest BCUT2D eigenvalue weighted by molar-refractivity contribution is 7.17. The molecule has 0 fully saturated rings. The monoisotopic (exact) mass is 360 g/mol. The van der Waals surface area contributed by atoms with Gasteiger partial charge in [-0.15, -0.1) is 11.3 Å². The lowest BCUT2D eigenvalue weighted by Crippen LogP contribution is -2.02. The van der Waals surface area contributed by atoms with E-state index in [1.54, 1.807) is 30.1 Å². The van der Waals surface area contributed by atoms with Crippen LogP contribution in [0.2, 0.25) is 0 Å². The Bertz CT molecular complexity index is 1010. The number of hydrogen-bond donors (Lipinski definition) is 1. The van der Waals surface area contributed by atoms with Crippen molar-refractivity contribution in [1.29, 1.82) is 0 Å². The predicted molar refractivity (Wildman–Crippen MR) is 109 cm³/mol. The predicted octanol–water partition coefficient (Wildman–Crippen LogP) is 5.49. The molecular weight excluding hydrogens is 340 g/mol. The van der Waals surface area contributed by atoms with Gasteiger partial charge in [0.1, 0.15) is 17.0 Å². The van der Waals surface area contributed by atoms with Crippen molar-refractivity contribution in [3.63, 3.8) is 0 Å². The summed E-state index contributed by atoms with van der Waals surface area (Å²) in [4.78, 5) is 14.0. The van der Waals surface area contributed by atoms with E-state index in [1.807, 2.05) is 12.1 Å². The van der Waals surface area contributed by atoms with Crippen molar-refractivity contribution in [3.8, 4) is 11.1 Å². The summed E-state index contributed by atoms with van der Waals surface area (Å²) < 4.78 is 0. The zero-order valence-electron chi connectivity index (χ0n) is 14.8. The van der Waals surface area contributed by atoms with E-state index in [2.05, 4.69) is 63.8 Å². The fourth-order valence-electron chi connectivity index (χ4n) is 2.96. The molecule has 4 nitrogen and oxygen atoms in total. The van der Waals surface area contributed by atoms with Crippen molar-refractivity contribution in [2.75, 3.05) is 5.32 Å². The van der Waals surface area contributed by atoms with Gasteiger partial charge in [0.05, 0.1) is 5.39 Å². The van der Waals surface area contributed by atoms with E-state index >= 15 is 0 Å². The first-order valence-corrected chi connectivity index (χ1v) is 9.55. The lowest BCUT2D eigenvalue weighted by atomic mass is 9.99. The molecule has 0 saturated carbocycles. The van der Waals surface area contributed by atoms with Gasteiger partial charge in [-0.1, -0.05) is 38.1 Å². The normalized spacial score (nSPS) is 11.2.